The first-order chi connectivity index (χ1) is 14.6. The minimum Gasteiger partial charge on any atom is -0.493 e. The average molecular weight is 410 g/mol. The van der Waals surface area contributed by atoms with Crippen LogP contribution in [0, 0.1) is 0 Å². The molecular formula is C23H26N2O5. The van der Waals surface area contributed by atoms with Crippen molar-refractivity contribution in [3.8, 4) is 17.2 Å². The summed E-state index contributed by atoms with van der Waals surface area (Å²) in [5.41, 5.74) is 1.76. The molecular weight excluding hydrogens is 384 g/mol. The predicted molar refractivity (Wildman–Crippen MR) is 113 cm³/mol. The van der Waals surface area contributed by atoms with Crippen molar-refractivity contribution in [2.45, 2.75) is 6.54 Å². The zero-order chi connectivity index (χ0) is 21.1. The van der Waals surface area contributed by atoms with Crippen LogP contribution in [0.3, 0.4) is 0 Å². The molecule has 7 heteroatoms. The molecule has 0 saturated carbocycles. The lowest BCUT2D eigenvalue weighted by molar-refractivity contribution is 0.0599. The lowest BCUT2D eigenvalue weighted by Crippen LogP contribution is -2.48. The molecule has 0 atom stereocenters. The molecule has 1 fully saturated rings. The molecule has 0 bridgehead atoms. The first-order valence-electron chi connectivity index (χ1n) is 9.92. The van der Waals surface area contributed by atoms with Gasteiger partial charge in [-0.2, -0.15) is 0 Å². The second-order valence-electron chi connectivity index (χ2n) is 7.21. The van der Waals surface area contributed by atoms with E-state index in [1.54, 1.807) is 21.3 Å². The number of furan rings is 1. The van der Waals surface area contributed by atoms with Crippen LogP contribution in [0.4, 0.5) is 0 Å². The van der Waals surface area contributed by atoms with Crippen molar-refractivity contribution >= 4 is 16.9 Å². The number of hydrogen-bond donors (Lipinski definition) is 0. The van der Waals surface area contributed by atoms with Gasteiger partial charge in [-0.3, -0.25) is 9.69 Å². The third-order valence-corrected chi connectivity index (χ3v) is 5.48. The van der Waals surface area contributed by atoms with Gasteiger partial charge >= 0.3 is 0 Å². The Kier molecular flexibility index (Phi) is 5.81. The Hall–Kier alpha value is -3.19. The second-order valence-corrected chi connectivity index (χ2v) is 7.21. The highest BCUT2D eigenvalue weighted by molar-refractivity contribution is 5.96. The number of ether oxygens (including phenoxy) is 3. The Morgan fingerprint density at radius 1 is 0.933 bits per heavy atom. The molecule has 7 nitrogen and oxygen atoms in total. The number of methoxy groups -OCH3 is 3. The van der Waals surface area contributed by atoms with Crippen LogP contribution < -0.4 is 14.2 Å². The Bertz CT molecular complexity index is 1000. The number of nitrogens with zero attached hydrogens (tertiary/aromatic N) is 2. The lowest BCUT2D eigenvalue weighted by atomic mass is 10.1. The lowest BCUT2D eigenvalue weighted by Gasteiger charge is -2.34. The summed E-state index contributed by atoms with van der Waals surface area (Å²) in [7, 11) is 4.84. The van der Waals surface area contributed by atoms with Crippen LogP contribution in [0.1, 0.15) is 16.1 Å². The fraction of sp³-hybridized carbons (Fsp3) is 0.348. The Labute approximate surface area is 175 Å². The van der Waals surface area contributed by atoms with E-state index in [1.807, 2.05) is 47.4 Å². The minimum atomic E-state index is -0.0606. The molecule has 0 aliphatic carbocycles. The van der Waals surface area contributed by atoms with Gasteiger partial charge in [0, 0.05) is 43.7 Å². The molecule has 0 spiro atoms. The topological polar surface area (TPSA) is 64.4 Å². The fourth-order valence-corrected chi connectivity index (χ4v) is 3.88. The van der Waals surface area contributed by atoms with E-state index in [1.165, 1.54) is 0 Å². The molecule has 1 aliphatic heterocycles. The van der Waals surface area contributed by atoms with E-state index >= 15 is 0 Å². The first-order valence-corrected chi connectivity index (χ1v) is 9.92. The van der Waals surface area contributed by atoms with Gasteiger partial charge in [-0.1, -0.05) is 24.3 Å². The molecule has 158 valence electrons. The van der Waals surface area contributed by atoms with Crippen molar-refractivity contribution in [1.29, 1.82) is 0 Å². The standard InChI is InChI=1S/C23H26N2O5/c1-27-19-9-8-17(21(28-2)22(19)29-3)15-24-10-12-25(13-11-24)23(26)20-14-16-6-4-5-7-18(16)30-20/h4-9,14H,10-13,15H2,1-3H3. The largest absolute Gasteiger partial charge is 0.493 e. The first kappa shape index (κ1) is 20.1. The van der Waals surface area contributed by atoms with Crippen LogP contribution in [0.25, 0.3) is 11.0 Å². The Morgan fingerprint density at radius 3 is 2.33 bits per heavy atom. The van der Waals surface area contributed by atoms with E-state index in [0.717, 1.165) is 29.6 Å². The van der Waals surface area contributed by atoms with Crippen LogP contribution in [0.5, 0.6) is 17.2 Å². The molecule has 1 amide bonds. The number of para-hydroxylation sites is 1. The maximum Gasteiger partial charge on any atom is 0.289 e. The molecule has 2 heterocycles. The number of benzene rings is 2. The van der Waals surface area contributed by atoms with Gasteiger partial charge in [-0.15, -0.1) is 0 Å². The summed E-state index contributed by atoms with van der Waals surface area (Å²) in [5.74, 6) is 2.24. The fourth-order valence-electron chi connectivity index (χ4n) is 3.88. The van der Waals surface area contributed by atoms with Gasteiger partial charge in [0.2, 0.25) is 5.75 Å². The van der Waals surface area contributed by atoms with Crippen LogP contribution in [0.2, 0.25) is 0 Å². The van der Waals surface area contributed by atoms with Gasteiger partial charge in [0.05, 0.1) is 21.3 Å². The van der Waals surface area contributed by atoms with Crippen LogP contribution in [-0.2, 0) is 6.54 Å². The highest BCUT2D eigenvalue weighted by Gasteiger charge is 2.26. The van der Waals surface area contributed by atoms with E-state index in [2.05, 4.69) is 4.90 Å². The predicted octanol–water partition coefficient (Wildman–Crippen LogP) is 3.42. The molecule has 1 aliphatic rings. The summed E-state index contributed by atoms with van der Waals surface area (Å²) in [4.78, 5) is 17.0. The average Bonchev–Trinajstić information content (AvgIpc) is 3.23. The Morgan fingerprint density at radius 2 is 1.67 bits per heavy atom. The van der Waals surface area contributed by atoms with Crippen molar-refractivity contribution in [1.82, 2.24) is 9.80 Å². The molecule has 0 unspecified atom stereocenters. The number of hydrogen-bond acceptors (Lipinski definition) is 6. The third kappa shape index (κ3) is 3.80. The summed E-state index contributed by atoms with van der Waals surface area (Å²) in [5, 5.41) is 0.944. The second kappa shape index (κ2) is 8.67. The number of piperazine rings is 1. The minimum absolute atomic E-state index is 0.0606. The Balaban J connectivity index is 1.42. The highest BCUT2D eigenvalue weighted by atomic mass is 16.5. The van der Waals surface area contributed by atoms with Crippen molar-refractivity contribution in [3.63, 3.8) is 0 Å². The summed E-state index contributed by atoms with van der Waals surface area (Å²) < 4.78 is 22.2. The van der Waals surface area contributed by atoms with Crippen LogP contribution >= 0.6 is 0 Å². The number of amides is 1. The maximum atomic E-state index is 12.9. The normalized spacial score (nSPS) is 14.7. The van der Waals surface area contributed by atoms with Crippen LogP contribution in [-0.4, -0.2) is 63.2 Å². The SMILES string of the molecule is COc1ccc(CN2CCN(C(=O)c3cc4ccccc4o3)CC2)c(OC)c1OC. The maximum absolute atomic E-state index is 12.9. The van der Waals surface area contributed by atoms with E-state index in [0.29, 0.717) is 42.6 Å². The van der Waals surface area contributed by atoms with E-state index in [4.69, 9.17) is 18.6 Å². The molecule has 1 saturated heterocycles. The third-order valence-electron chi connectivity index (χ3n) is 5.48. The van der Waals surface area contributed by atoms with Crippen molar-refractivity contribution in [2.75, 3.05) is 47.5 Å². The van der Waals surface area contributed by atoms with E-state index < -0.39 is 0 Å². The number of carbonyl (C=O) groups is 1. The van der Waals surface area contributed by atoms with Crippen molar-refractivity contribution in [3.05, 3.63) is 53.8 Å². The highest BCUT2D eigenvalue weighted by Crippen LogP contribution is 2.40. The van der Waals surface area contributed by atoms with E-state index in [9.17, 15) is 4.79 Å². The van der Waals surface area contributed by atoms with Gasteiger partial charge in [-0.05, 0) is 18.2 Å². The van der Waals surface area contributed by atoms with Gasteiger partial charge in [0.25, 0.3) is 5.91 Å². The van der Waals surface area contributed by atoms with Crippen molar-refractivity contribution in [2.24, 2.45) is 0 Å². The summed E-state index contributed by atoms with van der Waals surface area (Å²) >= 11 is 0. The molecule has 3 aromatic rings. The van der Waals surface area contributed by atoms with Gasteiger partial charge in [-0.25, -0.2) is 0 Å². The molecule has 30 heavy (non-hydrogen) atoms. The zero-order valence-corrected chi connectivity index (χ0v) is 17.5. The molecule has 1 aromatic heterocycles. The van der Waals surface area contributed by atoms with Crippen molar-refractivity contribution < 1.29 is 23.4 Å². The monoisotopic (exact) mass is 410 g/mol. The zero-order valence-electron chi connectivity index (χ0n) is 17.5. The number of rotatable bonds is 6. The van der Waals surface area contributed by atoms with E-state index in [-0.39, 0.29) is 5.91 Å². The van der Waals surface area contributed by atoms with Gasteiger partial charge < -0.3 is 23.5 Å². The summed E-state index contributed by atoms with van der Waals surface area (Å²) in [6.45, 7) is 3.53. The summed E-state index contributed by atoms with van der Waals surface area (Å²) in [6, 6.07) is 13.4. The molecule has 0 radical (unpaired) electrons. The van der Waals surface area contributed by atoms with Gasteiger partial charge in [0.15, 0.2) is 17.3 Å². The number of fused-ring (bicyclic) bond motifs is 1. The smallest absolute Gasteiger partial charge is 0.289 e. The molecule has 4 rings (SSSR count). The van der Waals surface area contributed by atoms with Gasteiger partial charge in [0.1, 0.15) is 5.58 Å². The molecule has 2 aromatic carbocycles. The number of carbonyl (C=O) groups excluding carboxylic acids is 1. The summed E-state index contributed by atoms with van der Waals surface area (Å²) in [6.07, 6.45) is 0. The van der Waals surface area contributed by atoms with Crippen LogP contribution in [0.15, 0.2) is 46.9 Å². The molecule has 0 N–H and O–H groups in total. The quantitative estimate of drug-likeness (QED) is 0.621.